The van der Waals surface area contributed by atoms with Crippen molar-refractivity contribution in [3.63, 3.8) is 0 Å². The fourth-order valence-electron chi connectivity index (χ4n) is 1.42. The van der Waals surface area contributed by atoms with Gasteiger partial charge in [0.05, 0.1) is 0 Å². The van der Waals surface area contributed by atoms with Crippen molar-refractivity contribution in [3.8, 4) is 17.9 Å². The van der Waals surface area contributed by atoms with Crippen LogP contribution in [0.3, 0.4) is 0 Å². The molecule has 0 bridgehead atoms. The summed E-state index contributed by atoms with van der Waals surface area (Å²) in [5.74, 6) is 6.23. The second-order valence-corrected chi connectivity index (χ2v) is 3.56. The molecule has 0 fully saturated rings. The third-order valence-corrected chi connectivity index (χ3v) is 2.25. The predicted octanol–water partition coefficient (Wildman–Crippen LogP) is 1.86. The van der Waals surface area contributed by atoms with E-state index in [1.165, 1.54) is 6.33 Å². The van der Waals surface area contributed by atoms with Crippen LogP contribution < -0.4 is 4.74 Å². The lowest BCUT2D eigenvalue weighted by atomic mass is 10.1. The van der Waals surface area contributed by atoms with Crippen LogP contribution in [0.15, 0.2) is 36.7 Å². The molecular weight excluding hydrogens is 226 g/mol. The number of nitrogens with zero attached hydrogens (tertiary/aromatic N) is 3. The summed E-state index contributed by atoms with van der Waals surface area (Å²) < 4.78 is 5.29. The van der Waals surface area contributed by atoms with Crippen molar-refractivity contribution < 1.29 is 4.74 Å². The SMILES string of the molecule is CC#CCOc1ncnc(Cc2ccccc2)n1. The number of hydrogen-bond acceptors (Lipinski definition) is 4. The van der Waals surface area contributed by atoms with Gasteiger partial charge in [-0.15, -0.1) is 5.92 Å². The Labute approximate surface area is 106 Å². The molecular formula is C14H13N3O. The average Bonchev–Trinajstić information content (AvgIpc) is 2.41. The van der Waals surface area contributed by atoms with Gasteiger partial charge in [-0.3, -0.25) is 0 Å². The van der Waals surface area contributed by atoms with Gasteiger partial charge >= 0.3 is 6.01 Å². The Morgan fingerprint density at radius 2 is 2.00 bits per heavy atom. The average molecular weight is 239 g/mol. The van der Waals surface area contributed by atoms with E-state index in [-0.39, 0.29) is 0 Å². The van der Waals surface area contributed by atoms with Crippen LogP contribution in [-0.4, -0.2) is 21.6 Å². The van der Waals surface area contributed by atoms with Crippen LogP contribution in [0.1, 0.15) is 18.3 Å². The Morgan fingerprint density at radius 1 is 1.17 bits per heavy atom. The maximum Gasteiger partial charge on any atom is 0.320 e. The minimum atomic E-state index is 0.297. The third kappa shape index (κ3) is 3.56. The van der Waals surface area contributed by atoms with E-state index < -0.39 is 0 Å². The molecule has 1 aromatic heterocycles. The third-order valence-electron chi connectivity index (χ3n) is 2.25. The van der Waals surface area contributed by atoms with E-state index in [1.807, 2.05) is 30.3 Å². The molecule has 0 atom stereocenters. The van der Waals surface area contributed by atoms with Gasteiger partial charge in [-0.1, -0.05) is 36.3 Å². The number of aromatic nitrogens is 3. The first kappa shape index (κ1) is 12.1. The van der Waals surface area contributed by atoms with Gasteiger partial charge < -0.3 is 4.74 Å². The van der Waals surface area contributed by atoms with E-state index in [9.17, 15) is 0 Å². The van der Waals surface area contributed by atoms with Crippen LogP contribution in [0, 0.1) is 11.8 Å². The molecule has 0 unspecified atom stereocenters. The first-order valence-electron chi connectivity index (χ1n) is 5.62. The van der Waals surface area contributed by atoms with Crippen molar-refractivity contribution in [1.82, 2.24) is 15.0 Å². The lowest BCUT2D eigenvalue weighted by molar-refractivity contribution is 0.336. The van der Waals surface area contributed by atoms with Crippen LogP contribution in [0.5, 0.6) is 6.01 Å². The quantitative estimate of drug-likeness (QED) is 0.764. The van der Waals surface area contributed by atoms with Crippen LogP contribution in [0.25, 0.3) is 0 Å². The lowest BCUT2D eigenvalue weighted by Gasteiger charge is -2.02. The Bertz CT molecular complexity index is 558. The van der Waals surface area contributed by atoms with Crippen LogP contribution in [-0.2, 0) is 6.42 Å². The number of benzene rings is 1. The van der Waals surface area contributed by atoms with E-state index in [1.54, 1.807) is 6.92 Å². The summed E-state index contributed by atoms with van der Waals surface area (Å²) in [6, 6.07) is 10.4. The minimum absolute atomic E-state index is 0.297. The smallest absolute Gasteiger partial charge is 0.320 e. The maximum absolute atomic E-state index is 5.29. The highest BCUT2D eigenvalue weighted by Crippen LogP contribution is 2.06. The Morgan fingerprint density at radius 3 is 2.78 bits per heavy atom. The van der Waals surface area contributed by atoms with Gasteiger partial charge in [-0.25, -0.2) is 4.98 Å². The van der Waals surface area contributed by atoms with Crippen LogP contribution >= 0.6 is 0 Å². The highest BCUT2D eigenvalue weighted by molar-refractivity contribution is 5.18. The van der Waals surface area contributed by atoms with Crippen molar-refractivity contribution in [2.75, 3.05) is 6.61 Å². The number of hydrogen-bond donors (Lipinski definition) is 0. The Kier molecular flexibility index (Phi) is 4.26. The van der Waals surface area contributed by atoms with Crippen molar-refractivity contribution in [2.24, 2.45) is 0 Å². The first-order valence-corrected chi connectivity index (χ1v) is 5.62. The summed E-state index contributed by atoms with van der Waals surface area (Å²) in [7, 11) is 0. The normalized spacial score (nSPS) is 9.39. The zero-order valence-electron chi connectivity index (χ0n) is 10.1. The van der Waals surface area contributed by atoms with Gasteiger partial charge in [-0.05, 0) is 12.5 Å². The summed E-state index contributed by atoms with van der Waals surface area (Å²) in [5.41, 5.74) is 1.16. The molecule has 0 saturated heterocycles. The Hall–Kier alpha value is -2.41. The van der Waals surface area contributed by atoms with Crippen molar-refractivity contribution in [1.29, 1.82) is 0 Å². The van der Waals surface area contributed by atoms with E-state index >= 15 is 0 Å². The molecule has 4 nitrogen and oxygen atoms in total. The summed E-state index contributed by atoms with van der Waals surface area (Å²) >= 11 is 0. The zero-order valence-corrected chi connectivity index (χ0v) is 10.1. The molecule has 0 aliphatic rings. The molecule has 90 valence electrons. The highest BCUT2D eigenvalue weighted by Gasteiger charge is 2.02. The first-order chi connectivity index (χ1) is 8.88. The van der Waals surface area contributed by atoms with Crippen molar-refractivity contribution in [3.05, 3.63) is 48.0 Å². The summed E-state index contributed by atoms with van der Waals surface area (Å²) in [6.45, 7) is 2.06. The minimum Gasteiger partial charge on any atom is -0.450 e. The number of rotatable bonds is 4. The van der Waals surface area contributed by atoms with E-state index in [0.717, 1.165) is 5.56 Å². The fraction of sp³-hybridized carbons (Fsp3) is 0.214. The number of ether oxygens (including phenoxy) is 1. The monoisotopic (exact) mass is 239 g/mol. The van der Waals surface area contributed by atoms with E-state index in [2.05, 4.69) is 26.8 Å². The standard InChI is InChI=1S/C14H13N3O/c1-2-3-9-18-14-16-11-15-13(17-14)10-12-7-5-4-6-8-12/h4-8,11H,9-10H2,1H3. The molecule has 0 amide bonds. The molecule has 4 heteroatoms. The van der Waals surface area contributed by atoms with Crippen LogP contribution in [0.4, 0.5) is 0 Å². The Balaban J connectivity index is 2.04. The molecule has 0 aliphatic heterocycles. The molecule has 1 heterocycles. The van der Waals surface area contributed by atoms with Crippen molar-refractivity contribution >= 4 is 0 Å². The van der Waals surface area contributed by atoms with Gasteiger partial charge in [0.25, 0.3) is 0 Å². The van der Waals surface area contributed by atoms with Gasteiger partial charge in [-0.2, -0.15) is 9.97 Å². The molecule has 0 N–H and O–H groups in total. The summed E-state index contributed by atoms with van der Waals surface area (Å²) in [6.07, 6.45) is 2.12. The van der Waals surface area contributed by atoms with Crippen LogP contribution in [0.2, 0.25) is 0 Å². The molecule has 0 saturated carbocycles. The molecule has 2 aromatic rings. The maximum atomic E-state index is 5.29. The molecule has 1 aromatic carbocycles. The zero-order chi connectivity index (χ0) is 12.6. The van der Waals surface area contributed by atoms with E-state index in [4.69, 9.17) is 4.74 Å². The highest BCUT2D eigenvalue weighted by atomic mass is 16.5. The molecule has 18 heavy (non-hydrogen) atoms. The van der Waals surface area contributed by atoms with Crippen molar-refractivity contribution in [2.45, 2.75) is 13.3 Å². The second-order valence-electron chi connectivity index (χ2n) is 3.56. The summed E-state index contributed by atoms with van der Waals surface area (Å²) in [5, 5.41) is 0. The topological polar surface area (TPSA) is 47.9 Å². The predicted molar refractivity (Wildman–Crippen MR) is 68.0 cm³/mol. The molecule has 0 radical (unpaired) electrons. The lowest BCUT2D eigenvalue weighted by Crippen LogP contribution is -2.03. The largest absolute Gasteiger partial charge is 0.450 e. The van der Waals surface area contributed by atoms with E-state index in [0.29, 0.717) is 24.9 Å². The molecule has 2 rings (SSSR count). The van der Waals surface area contributed by atoms with Gasteiger partial charge in [0.15, 0.2) is 6.61 Å². The second kappa shape index (κ2) is 6.36. The fourth-order valence-corrected chi connectivity index (χ4v) is 1.42. The van der Waals surface area contributed by atoms with Gasteiger partial charge in [0, 0.05) is 6.42 Å². The molecule has 0 spiro atoms. The van der Waals surface area contributed by atoms with Gasteiger partial charge in [0.1, 0.15) is 12.2 Å². The summed E-state index contributed by atoms with van der Waals surface area (Å²) in [4.78, 5) is 12.3. The van der Waals surface area contributed by atoms with Gasteiger partial charge in [0.2, 0.25) is 0 Å². The molecule has 0 aliphatic carbocycles.